The van der Waals surface area contributed by atoms with Crippen molar-refractivity contribution in [2.24, 2.45) is 5.92 Å². The third-order valence-electron chi connectivity index (χ3n) is 6.33. The van der Waals surface area contributed by atoms with E-state index in [4.69, 9.17) is 11.6 Å². The topological polar surface area (TPSA) is 49.6 Å². The van der Waals surface area contributed by atoms with Crippen LogP contribution in [0, 0.1) is 5.92 Å². The lowest BCUT2D eigenvalue weighted by atomic mass is 9.96. The molecule has 5 nitrogen and oxygen atoms in total. The molecule has 182 valence electrons. The Morgan fingerprint density at radius 2 is 1.94 bits per heavy atom. The number of carbonyl (C=O) groups is 1. The van der Waals surface area contributed by atoms with E-state index in [1.165, 1.54) is 17.3 Å². The average molecular weight is 540 g/mol. The zero-order valence-corrected chi connectivity index (χ0v) is 22.0. The number of aryl methyl sites for hydroxylation is 1. The number of aromatic nitrogens is 2. The van der Waals surface area contributed by atoms with Gasteiger partial charge < -0.3 is 10.2 Å². The highest BCUT2D eigenvalue weighted by molar-refractivity contribution is 8.04. The van der Waals surface area contributed by atoms with Crippen LogP contribution in [-0.4, -0.2) is 46.4 Å². The third kappa shape index (κ3) is 6.29. The van der Waals surface area contributed by atoms with Gasteiger partial charge in [0.25, 0.3) is 5.91 Å². The Morgan fingerprint density at radius 1 is 1.15 bits per heavy atom. The van der Waals surface area contributed by atoms with Crippen molar-refractivity contribution < 1.29 is 4.79 Å². The van der Waals surface area contributed by atoms with Gasteiger partial charge in [0.2, 0.25) is 0 Å². The molecule has 0 saturated carbocycles. The van der Waals surface area contributed by atoms with Crippen LogP contribution in [0.2, 0.25) is 5.02 Å². The molecule has 2 aliphatic heterocycles. The third-order valence-corrected chi connectivity index (χ3v) is 7.61. The van der Waals surface area contributed by atoms with Gasteiger partial charge in [-0.05, 0) is 87.1 Å². The first-order chi connectivity index (χ1) is 15.7. The number of rotatable bonds is 7. The summed E-state index contributed by atoms with van der Waals surface area (Å²) < 4.78 is 2.09. The minimum atomic E-state index is 0. The number of likely N-dealkylation sites (tertiary alicyclic amines) is 1. The monoisotopic (exact) mass is 538 g/mol. The Kier molecular flexibility index (Phi) is 9.74. The molecule has 3 aromatic rings. The molecule has 9 heteroatoms. The number of pyridine rings is 1. The maximum atomic E-state index is 12.8. The van der Waals surface area contributed by atoms with Gasteiger partial charge >= 0.3 is 0 Å². The Hall–Kier alpha value is -1.70. The normalized spacial score (nSPS) is 15.9. The van der Waals surface area contributed by atoms with Crippen molar-refractivity contribution in [1.82, 2.24) is 19.6 Å². The van der Waals surface area contributed by atoms with Crippen LogP contribution in [0.15, 0.2) is 58.6 Å². The molecular formula is C25H29Cl3N4OS. The van der Waals surface area contributed by atoms with Crippen molar-refractivity contribution in [3.63, 3.8) is 0 Å². The van der Waals surface area contributed by atoms with Crippen LogP contribution in [0.3, 0.4) is 0 Å². The highest BCUT2D eigenvalue weighted by Gasteiger charge is 2.23. The molecule has 2 aromatic heterocycles. The van der Waals surface area contributed by atoms with Gasteiger partial charge in [0.05, 0.1) is 21.8 Å². The van der Waals surface area contributed by atoms with E-state index in [2.05, 4.69) is 31.7 Å². The summed E-state index contributed by atoms with van der Waals surface area (Å²) >= 11 is 7.59. The van der Waals surface area contributed by atoms with Crippen molar-refractivity contribution in [3.8, 4) is 0 Å². The molecular weight excluding hydrogens is 511 g/mol. The SMILES string of the molecule is Cl.Cl.O=C(NCC1CCN(CCCc2cccc(Cl)c2)CC1)C1=Cc2cnc3cccc(n23)S1. The van der Waals surface area contributed by atoms with Crippen molar-refractivity contribution in [3.05, 3.63) is 69.8 Å². The van der Waals surface area contributed by atoms with E-state index in [1.807, 2.05) is 42.6 Å². The number of carbonyl (C=O) groups excluding carboxylic acids is 1. The predicted molar refractivity (Wildman–Crippen MR) is 145 cm³/mol. The number of nitrogens with one attached hydrogen (secondary N) is 1. The maximum Gasteiger partial charge on any atom is 0.258 e. The summed E-state index contributed by atoms with van der Waals surface area (Å²) in [5.74, 6) is 0.565. The summed E-state index contributed by atoms with van der Waals surface area (Å²) in [4.78, 5) is 20.5. The number of piperidine rings is 1. The van der Waals surface area contributed by atoms with E-state index in [-0.39, 0.29) is 30.7 Å². The van der Waals surface area contributed by atoms with Crippen LogP contribution in [-0.2, 0) is 11.2 Å². The van der Waals surface area contributed by atoms with Crippen molar-refractivity contribution >= 4 is 65.8 Å². The fourth-order valence-corrected chi connectivity index (χ4v) is 5.76. The molecule has 34 heavy (non-hydrogen) atoms. The van der Waals surface area contributed by atoms with E-state index in [0.29, 0.717) is 5.92 Å². The molecule has 0 bridgehead atoms. The summed E-state index contributed by atoms with van der Waals surface area (Å²) in [5.41, 5.74) is 3.19. The van der Waals surface area contributed by atoms with Crippen LogP contribution in [0.5, 0.6) is 0 Å². The van der Waals surface area contributed by atoms with Gasteiger partial charge in [-0.2, -0.15) is 0 Å². The standard InChI is InChI=1S/C25H27ClN4OS.2ClH/c26-20-6-1-4-18(14-20)5-3-11-29-12-9-19(10-13-29)16-28-25(31)22-15-21-17-27-23-7-2-8-24(32-22)30(21)23;;/h1-2,4,6-8,14-15,17,19H,3,5,9-13,16H2,(H,28,31);2*1H. The van der Waals surface area contributed by atoms with Crippen molar-refractivity contribution in [1.29, 1.82) is 0 Å². The predicted octanol–water partition coefficient (Wildman–Crippen LogP) is 5.74. The molecule has 1 aromatic carbocycles. The molecule has 0 radical (unpaired) electrons. The molecule has 1 fully saturated rings. The Balaban J connectivity index is 0.00000162. The molecule has 4 heterocycles. The summed E-state index contributed by atoms with van der Waals surface area (Å²) in [7, 11) is 0. The lowest BCUT2D eigenvalue weighted by Gasteiger charge is -2.32. The molecule has 1 amide bonds. The first-order valence-electron chi connectivity index (χ1n) is 11.3. The number of thioether (sulfide) groups is 1. The number of amides is 1. The van der Waals surface area contributed by atoms with Crippen LogP contribution in [0.1, 0.15) is 30.5 Å². The van der Waals surface area contributed by atoms with Gasteiger partial charge in [0.1, 0.15) is 5.65 Å². The van der Waals surface area contributed by atoms with Crippen molar-refractivity contribution in [2.75, 3.05) is 26.2 Å². The Labute approximate surface area is 222 Å². The van der Waals surface area contributed by atoms with Crippen LogP contribution >= 0.6 is 48.2 Å². The smallest absolute Gasteiger partial charge is 0.258 e. The second-order valence-corrected chi connectivity index (χ2v) is 10.1. The fourth-order valence-electron chi connectivity index (χ4n) is 4.54. The molecule has 1 N–H and O–H groups in total. The number of benzene rings is 1. The quantitative estimate of drug-likeness (QED) is 0.416. The molecule has 5 rings (SSSR count). The van der Waals surface area contributed by atoms with Gasteiger partial charge in [-0.3, -0.25) is 9.20 Å². The number of halogens is 3. The van der Waals surface area contributed by atoms with Crippen LogP contribution < -0.4 is 5.32 Å². The van der Waals surface area contributed by atoms with Gasteiger partial charge in [0.15, 0.2) is 0 Å². The molecule has 0 unspecified atom stereocenters. The summed E-state index contributed by atoms with van der Waals surface area (Å²) in [5, 5.41) is 5.02. The molecule has 2 aliphatic rings. The number of nitrogens with zero attached hydrogens (tertiary/aromatic N) is 3. The largest absolute Gasteiger partial charge is 0.351 e. The highest BCUT2D eigenvalue weighted by Crippen LogP contribution is 2.34. The minimum Gasteiger partial charge on any atom is -0.351 e. The van der Waals surface area contributed by atoms with Gasteiger partial charge in [-0.25, -0.2) is 4.98 Å². The fraction of sp³-hybridized carbons (Fsp3) is 0.360. The Bertz CT molecular complexity index is 1160. The molecule has 0 atom stereocenters. The molecule has 0 aliphatic carbocycles. The maximum absolute atomic E-state index is 12.8. The first kappa shape index (κ1) is 26.9. The lowest BCUT2D eigenvalue weighted by Crippen LogP contribution is -2.39. The first-order valence-corrected chi connectivity index (χ1v) is 12.5. The zero-order valence-electron chi connectivity index (χ0n) is 18.8. The summed E-state index contributed by atoms with van der Waals surface area (Å²) in [6, 6.07) is 14.2. The highest BCUT2D eigenvalue weighted by atomic mass is 35.5. The Morgan fingerprint density at radius 3 is 2.74 bits per heavy atom. The molecule has 0 spiro atoms. The van der Waals surface area contributed by atoms with E-state index < -0.39 is 0 Å². The van der Waals surface area contributed by atoms with Gasteiger partial charge in [-0.15, -0.1) is 24.8 Å². The second-order valence-electron chi connectivity index (χ2n) is 8.58. The zero-order chi connectivity index (χ0) is 21.9. The number of hydrogen-bond donors (Lipinski definition) is 1. The number of hydrogen-bond acceptors (Lipinski definition) is 4. The minimum absolute atomic E-state index is 0. The summed E-state index contributed by atoms with van der Waals surface area (Å²) in [6.45, 7) is 4.08. The molecule has 1 saturated heterocycles. The van der Waals surface area contributed by atoms with E-state index in [0.717, 1.165) is 78.2 Å². The van der Waals surface area contributed by atoms with Crippen LogP contribution in [0.25, 0.3) is 11.7 Å². The van der Waals surface area contributed by atoms with E-state index >= 15 is 0 Å². The summed E-state index contributed by atoms with van der Waals surface area (Å²) in [6.07, 6.45) is 8.25. The van der Waals surface area contributed by atoms with Crippen molar-refractivity contribution in [2.45, 2.75) is 30.7 Å². The van der Waals surface area contributed by atoms with Crippen LogP contribution in [0.4, 0.5) is 0 Å². The van der Waals surface area contributed by atoms with E-state index in [9.17, 15) is 4.79 Å². The lowest BCUT2D eigenvalue weighted by molar-refractivity contribution is -0.117. The average Bonchev–Trinajstić information content (AvgIpc) is 3.23. The van der Waals surface area contributed by atoms with Gasteiger partial charge in [0, 0.05) is 11.6 Å². The van der Waals surface area contributed by atoms with E-state index in [1.54, 1.807) is 0 Å². The van der Waals surface area contributed by atoms with Gasteiger partial charge in [-0.1, -0.05) is 41.6 Å². The number of imidazole rings is 1. The second kappa shape index (κ2) is 12.3.